The number of phenols is 1. The molecule has 0 fully saturated rings. The molecule has 0 saturated heterocycles. The van der Waals surface area contributed by atoms with Crippen molar-refractivity contribution < 1.29 is 5.11 Å². The number of thiocarbonyl (C=S) groups is 1. The first kappa shape index (κ1) is 12.2. The number of hydrogen-bond acceptors (Lipinski definition) is 3. The first-order chi connectivity index (χ1) is 7.65. The van der Waals surface area contributed by atoms with Crippen LogP contribution in [0.2, 0.25) is 0 Å². The molecule has 1 rings (SSSR count). The highest BCUT2D eigenvalue weighted by Gasteiger charge is 2.03. The third kappa shape index (κ3) is 3.36. The van der Waals surface area contributed by atoms with Gasteiger partial charge in [0.25, 0.3) is 0 Å². The van der Waals surface area contributed by atoms with Crippen LogP contribution < -0.4 is 11.2 Å². The maximum absolute atomic E-state index is 9.85. The van der Waals surface area contributed by atoms with Gasteiger partial charge in [-0.2, -0.15) is 5.10 Å². The van der Waals surface area contributed by atoms with E-state index in [-0.39, 0.29) is 10.9 Å². The Labute approximate surface area is 99.5 Å². The molecule has 0 aromatic heterocycles. The average molecular weight is 235 g/mol. The predicted molar refractivity (Wildman–Crippen MR) is 69.5 cm³/mol. The number of nitrogens with one attached hydrogen (secondary N) is 1. The Morgan fingerprint density at radius 1 is 1.62 bits per heavy atom. The van der Waals surface area contributed by atoms with Crippen LogP contribution in [-0.4, -0.2) is 16.4 Å². The second kappa shape index (κ2) is 5.87. The maximum atomic E-state index is 9.85. The molecule has 0 unspecified atom stereocenters. The molecule has 4 N–H and O–H groups in total. The van der Waals surface area contributed by atoms with Crippen LogP contribution in [0, 0.1) is 0 Å². The summed E-state index contributed by atoms with van der Waals surface area (Å²) in [6.45, 7) is 3.62. The predicted octanol–water partition coefficient (Wildman–Crippen LogP) is 1.29. The highest BCUT2D eigenvalue weighted by molar-refractivity contribution is 7.80. The van der Waals surface area contributed by atoms with E-state index in [0.29, 0.717) is 12.0 Å². The van der Waals surface area contributed by atoms with Crippen molar-refractivity contribution in [3.05, 3.63) is 42.0 Å². The van der Waals surface area contributed by atoms with Crippen LogP contribution in [0.1, 0.15) is 11.1 Å². The molecule has 0 atom stereocenters. The molecule has 0 amide bonds. The number of hydrogen-bond donors (Lipinski definition) is 3. The first-order valence-corrected chi connectivity index (χ1v) is 5.06. The molecule has 0 aliphatic rings. The van der Waals surface area contributed by atoms with Crippen molar-refractivity contribution in [2.24, 2.45) is 10.8 Å². The van der Waals surface area contributed by atoms with E-state index in [4.69, 9.17) is 5.73 Å². The second-order valence-electron chi connectivity index (χ2n) is 3.08. The molecule has 0 aliphatic heterocycles. The summed E-state index contributed by atoms with van der Waals surface area (Å²) in [5.41, 5.74) is 9.02. The van der Waals surface area contributed by atoms with E-state index < -0.39 is 0 Å². The molecule has 4 nitrogen and oxygen atoms in total. The lowest BCUT2D eigenvalue weighted by Crippen LogP contribution is -2.24. The van der Waals surface area contributed by atoms with E-state index in [1.165, 1.54) is 6.21 Å². The molecule has 0 radical (unpaired) electrons. The molecule has 0 heterocycles. The van der Waals surface area contributed by atoms with Gasteiger partial charge in [-0.05, 0) is 30.3 Å². The Balaban J connectivity index is 2.88. The topological polar surface area (TPSA) is 70.6 Å². The molecular formula is C11H13N3OS. The molecule has 84 valence electrons. The van der Waals surface area contributed by atoms with Crippen molar-refractivity contribution in [1.29, 1.82) is 0 Å². The first-order valence-electron chi connectivity index (χ1n) is 4.65. The molecule has 0 saturated carbocycles. The summed E-state index contributed by atoms with van der Waals surface area (Å²) in [6, 6.07) is 5.41. The van der Waals surface area contributed by atoms with Crippen LogP contribution in [0.3, 0.4) is 0 Å². The monoisotopic (exact) mass is 235 g/mol. The Morgan fingerprint density at radius 3 is 3.00 bits per heavy atom. The Bertz CT molecular complexity index is 429. The van der Waals surface area contributed by atoms with Crippen LogP contribution in [0.15, 0.2) is 36.0 Å². The summed E-state index contributed by atoms with van der Waals surface area (Å²) in [4.78, 5) is 0. The maximum Gasteiger partial charge on any atom is 0.184 e. The lowest BCUT2D eigenvalue weighted by Gasteiger charge is -2.04. The van der Waals surface area contributed by atoms with E-state index in [1.807, 2.05) is 12.1 Å². The van der Waals surface area contributed by atoms with Crippen molar-refractivity contribution in [3.63, 3.8) is 0 Å². The number of nitrogens with zero attached hydrogens (tertiary/aromatic N) is 1. The standard InChI is InChI=1S/C11H13N3OS/c1-2-4-8-5-3-6-9(10(8)15)7-13-14-11(12)16/h2-3,5-7,15H,1,4H2,(H3,12,14,16)/b13-7-. The lowest BCUT2D eigenvalue weighted by atomic mass is 10.1. The van der Waals surface area contributed by atoms with Gasteiger partial charge in [0.2, 0.25) is 0 Å². The molecule has 16 heavy (non-hydrogen) atoms. The van der Waals surface area contributed by atoms with Crippen LogP contribution in [0.25, 0.3) is 0 Å². The molecule has 0 aliphatic carbocycles. The fourth-order valence-corrected chi connectivity index (χ4v) is 1.25. The molecule has 1 aromatic carbocycles. The van der Waals surface area contributed by atoms with Gasteiger partial charge in [-0.25, -0.2) is 0 Å². The molecule has 0 spiro atoms. The van der Waals surface area contributed by atoms with Crippen LogP contribution in [0.5, 0.6) is 5.75 Å². The zero-order chi connectivity index (χ0) is 12.0. The highest BCUT2D eigenvalue weighted by atomic mass is 32.1. The number of rotatable bonds is 4. The Hall–Kier alpha value is -1.88. The smallest absolute Gasteiger partial charge is 0.184 e. The normalized spacial score (nSPS) is 10.2. The number of phenolic OH excluding ortho intramolecular Hbond substituents is 1. The van der Waals surface area contributed by atoms with Crippen molar-refractivity contribution in [2.45, 2.75) is 6.42 Å². The number of benzene rings is 1. The largest absolute Gasteiger partial charge is 0.507 e. The summed E-state index contributed by atoms with van der Waals surface area (Å²) < 4.78 is 0. The number of nitrogens with two attached hydrogens (primary N) is 1. The quantitative estimate of drug-likeness (QED) is 0.318. The van der Waals surface area contributed by atoms with Gasteiger partial charge in [0.15, 0.2) is 5.11 Å². The van der Waals surface area contributed by atoms with E-state index in [1.54, 1.807) is 12.1 Å². The molecule has 1 aromatic rings. The summed E-state index contributed by atoms with van der Waals surface area (Å²) >= 11 is 4.59. The summed E-state index contributed by atoms with van der Waals surface area (Å²) in [7, 11) is 0. The fraction of sp³-hybridized carbons (Fsp3) is 0.0909. The Kier molecular flexibility index (Phi) is 4.47. The van der Waals surface area contributed by atoms with Crippen molar-refractivity contribution in [1.82, 2.24) is 5.43 Å². The van der Waals surface area contributed by atoms with Gasteiger partial charge in [0, 0.05) is 5.56 Å². The number of allylic oxidation sites excluding steroid dienone is 1. The molecule has 0 bridgehead atoms. The van der Waals surface area contributed by atoms with Gasteiger partial charge < -0.3 is 10.8 Å². The van der Waals surface area contributed by atoms with Crippen molar-refractivity contribution in [2.75, 3.05) is 0 Å². The highest BCUT2D eigenvalue weighted by Crippen LogP contribution is 2.21. The lowest BCUT2D eigenvalue weighted by molar-refractivity contribution is 0.469. The SMILES string of the molecule is C=CCc1cccc(/C=N\NC(N)=S)c1O. The minimum Gasteiger partial charge on any atom is -0.507 e. The second-order valence-corrected chi connectivity index (χ2v) is 3.52. The third-order valence-corrected chi connectivity index (χ3v) is 1.98. The molecular weight excluding hydrogens is 222 g/mol. The average Bonchev–Trinajstić information content (AvgIpc) is 2.23. The number of para-hydroxylation sites is 1. The van der Waals surface area contributed by atoms with E-state index in [0.717, 1.165) is 5.56 Å². The summed E-state index contributed by atoms with van der Waals surface area (Å²) in [6.07, 6.45) is 3.79. The fourth-order valence-electron chi connectivity index (χ4n) is 1.20. The zero-order valence-electron chi connectivity index (χ0n) is 8.68. The molecule has 5 heteroatoms. The van der Waals surface area contributed by atoms with Crippen LogP contribution >= 0.6 is 12.2 Å². The summed E-state index contributed by atoms with van der Waals surface area (Å²) in [5, 5.41) is 13.7. The number of aromatic hydroxyl groups is 1. The van der Waals surface area contributed by atoms with Crippen molar-refractivity contribution >= 4 is 23.5 Å². The van der Waals surface area contributed by atoms with Gasteiger partial charge >= 0.3 is 0 Å². The number of hydrazone groups is 1. The Morgan fingerprint density at radius 2 is 2.38 bits per heavy atom. The van der Waals surface area contributed by atoms with Crippen molar-refractivity contribution in [3.8, 4) is 5.75 Å². The van der Waals surface area contributed by atoms with E-state index in [9.17, 15) is 5.11 Å². The minimum absolute atomic E-state index is 0.0815. The summed E-state index contributed by atoms with van der Waals surface area (Å²) in [5.74, 6) is 0.191. The van der Waals surface area contributed by atoms with E-state index in [2.05, 4.69) is 29.3 Å². The van der Waals surface area contributed by atoms with Gasteiger partial charge in [-0.1, -0.05) is 18.2 Å². The third-order valence-electron chi connectivity index (χ3n) is 1.89. The van der Waals surface area contributed by atoms with Gasteiger partial charge in [0.05, 0.1) is 6.21 Å². The zero-order valence-corrected chi connectivity index (χ0v) is 9.50. The van der Waals surface area contributed by atoms with Crippen LogP contribution in [-0.2, 0) is 6.42 Å². The minimum atomic E-state index is 0.0815. The van der Waals surface area contributed by atoms with Crippen LogP contribution in [0.4, 0.5) is 0 Å². The van der Waals surface area contributed by atoms with Gasteiger partial charge in [0.1, 0.15) is 5.75 Å². The van der Waals surface area contributed by atoms with Gasteiger partial charge in [-0.3, -0.25) is 5.43 Å². The van der Waals surface area contributed by atoms with Gasteiger partial charge in [-0.15, -0.1) is 6.58 Å². The van der Waals surface area contributed by atoms with E-state index >= 15 is 0 Å².